The Hall–Kier alpha value is -2.32. The predicted octanol–water partition coefficient (Wildman–Crippen LogP) is 4.52. The second-order valence-electron chi connectivity index (χ2n) is 5.21. The summed E-state index contributed by atoms with van der Waals surface area (Å²) in [5.41, 5.74) is 1.98. The van der Waals surface area contributed by atoms with Crippen LogP contribution < -0.4 is 5.32 Å². The second kappa shape index (κ2) is 7.71. The Kier molecular flexibility index (Phi) is 5.40. The van der Waals surface area contributed by atoms with Gasteiger partial charge >= 0.3 is 0 Å². The van der Waals surface area contributed by atoms with E-state index in [4.69, 9.17) is 0 Å². The number of hydrogen-bond donors (Lipinski definition) is 1. The van der Waals surface area contributed by atoms with E-state index in [1.54, 1.807) is 0 Å². The van der Waals surface area contributed by atoms with Gasteiger partial charge in [-0.3, -0.25) is 4.79 Å². The number of benzene rings is 2. The van der Waals surface area contributed by atoms with Crippen LogP contribution in [0, 0.1) is 18.6 Å². The number of rotatable bonds is 5. The second-order valence-corrected chi connectivity index (χ2v) is 7.19. The quantitative estimate of drug-likeness (QED) is 0.664. The number of nitrogens with one attached hydrogen (secondary N) is 1. The van der Waals surface area contributed by atoms with Crippen molar-refractivity contribution in [3.8, 4) is 11.4 Å². The number of amides is 1. The average molecular weight is 377 g/mol. The number of hydrogen-bond acceptors (Lipinski definition) is 5. The fourth-order valence-corrected chi connectivity index (χ4v) is 3.49. The molecule has 128 valence electrons. The number of halogens is 2. The molecule has 2 aromatic carbocycles. The molecular formula is C17H13F2N3OS2. The first-order valence-corrected chi connectivity index (χ1v) is 9.05. The molecule has 1 N–H and O–H groups in total. The monoisotopic (exact) mass is 377 g/mol. The minimum absolute atomic E-state index is 0.0512. The molecule has 0 aliphatic carbocycles. The van der Waals surface area contributed by atoms with E-state index >= 15 is 0 Å². The molecule has 1 heterocycles. The Bertz CT molecular complexity index is 914. The van der Waals surface area contributed by atoms with Crippen LogP contribution in [0.1, 0.15) is 5.56 Å². The van der Waals surface area contributed by atoms with Crippen molar-refractivity contribution in [2.24, 2.45) is 0 Å². The standard InChI is InChI=1S/C17H13F2N3OS2/c1-10-3-2-4-11(7-10)16-21-17(25-22-16)24-9-15(23)20-14-6-5-12(18)8-13(14)19/h2-8H,9H2,1H3,(H,20,23). The van der Waals surface area contributed by atoms with E-state index < -0.39 is 17.5 Å². The number of carbonyl (C=O) groups is 1. The summed E-state index contributed by atoms with van der Waals surface area (Å²) in [4.78, 5) is 16.3. The van der Waals surface area contributed by atoms with Crippen LogP contribution in [-0.2, 0) is 4.79 Å². The van der Waals surface area contributed by atoms with E-state index in [0.29, 0.717) is 10.2 Å². The summed E-state index contributed by atoms with van der Waals surface area (Å²) < 4.78 is 31.3. The molecule has 4 nitrogen and oxygen atoms in total. The van der Waals surface area contributed by atoms with Crippen molar-refractivity contribution in [2.75, 3.05) is 11.1 Å². The third-order valence-corrected chi connectivity index (χ3v) is 5.05. The number of carbonyl (C=O) groups excluding carboxylic acids is 1. The van der Waals surface area contributed by atoms with Crippen molar-refractivity contribution >= 4 is 34.9 Å². The predicted molar refractivity (Wildman–Crippen MR) is 95.8 cm³/mol. The van der Waals surface area contributed by atoms with Gasteiger partial charge in [0.15, 0.2) is 10.2 Å². The zero-order valence-corrected chi connectivity index (χ0v) is 14.8. The largest absolute Gasteiger partial charge is 0.323 e. The van der Waals surface area contributed by atoms with E-state index in [1.807, 2.05) is 31.2 Å². The van der Waals surface area contributed by atoms with Gasteiger partial charge < -0.3 is 5.32 Å². The number of aromatic nitrogens is 2. The van der Waals surface area contributed by atoms with Crippen molar-refractivity contribution < 1.29 is 13.6 Å². The minimum atomic E-state index is -0.809. The van der Waals surface area contributed by atoms with Gasteiger partial charge in [0.1, 0.15) is 11.6 Å². The van der Waals surface area contributed by atoms with Crippen LogP contribution in [0.25, 0.3) is 11.4 Å². The number of thioether (sulfide) groups is 1. The van der Waals surface area contributed by atoms with Gasteiger partial charge in [-0.15, -0.1) is 0 Å². The molecule has 0 bridgehead atoms. The smallest absolute Gasteiger partial charge is 0.234 e. The Morgan fingerprint density at radius 1 is 1.24 bits per heavy atom. The third kappa shape index (κ3) is 4.61. The van der Waals surface area contributed by atoms with Gasteiger partial charge in [0.2, 0.25) is 5.91 Å². The molecule has 0 saturated carbocycles. The molecular weight excluding hydrogens is 364 g/mol. The zero-order valence-electron chi connectivity index (χ0n) is 13.1. The molecule has 1 aromatic heterocycles. The normalized spacial score (nSPS) is 10.7. The lowest BCUT2D eigenvalue weighted by Gasteiger charge is -2.05. The van der Waals surface area contributed by atoms with Crippen molar-refractivity contribution in [1.29, 1.82) is 0 Å². The van der Waals surface area contributed by atoms with Crippen LogP contribution in [0.4, 0.5) is 14.5 Å². The summed E-state index contributed by atoms with van der Waals surface area (Å²) in [7, 11) is 0. The lowest BCUT2D eigenvalue weighted by molar-refractivity contribution is -0.113. The summed E-state index contributed by atoms with van der Waals surface area (Å²) in [6, 6.07) is 10.8. The topological polar surface area (TPSA) is 54.9 Å². The van der Waals surface area contributed by atoms with Crippen LogP contribution in [-0.4, -0.2) is 21.0 Å². The van der Waals surface area contributed by atoms with Crippen LogP contribution in [0.3, 0.4) is 0 Å². The summed E-state index contributed by atoms with van der Waals surface area (Å²) in [5, 5.41) is 2.41. The third-order valence-electron chi connectivity index (χ3n) is 3.22. The van der Waals surface area contributed by atoms with E-state index in [-0.39, 0.29) is 11.4 Å². The molecule has 3 rings (SSSR count). The molecule has 0 unspecified atom stereocenters. The van der Waals surface area contributed by atoms with Crippen LogP contribution >= 0.6 is 23.3 Å². The first-order valence-electron chi connectivity index (χ1n) is 7.30. The molecule has 8 heteroatoms. The molecule has 0 fully saturated rings. The fraction of sp³-hybridized carbons (Fsp3) is 0.118. The van der Waals surface area contributed by atoms with Gasteiger partial charge in [-0.1, -0.05) is 35.5 Å². The first kappa shape index (κ1) is 17.5. The molecule has 3 aromatic rings. The SMILES string of the molecule is Cc1cccc(-c2nsc(SCC(=O)Nc3ccc(F)cc3F)n2)c1. The number of nitrogens with zero attached hydrogens (tertiary/aromatic N) is 2. The molecule has 1 amide bonds. The van der Waals surface area contributed by atoms with Crippen molar-refractivity contribution in [2.45, 2.75) is 11.3 Å². The Morgan fingerprint density at radius 3 is 2.84 bits per heavy atom. The maximum atomic E-state index is 13.5. The molecule has 0 aliphatic rings. The van der Waals surface area contributed by atoms with Crippen molar-refractivity contribution in [1.82, 2.24) is 9.36 Å². The highest BCUT2D eigenvalue weighted by atomic mass is 32.2. The van der Waals surface area contributed by atoms with Crippen LogP contribution in [0.5, 0.6) is 0 Å². The summed E-state index contributed by atoms with van der Waals surface area (Å²) >= 11 is 2.41. The maximum absolute atomic E-state index is 13.5. The molecule has 0 spiro atoms. The number of anilines is 1. The molecule has 0 atom stereocenters. The van der Waals surface area contributed by atoms with E-state index in [1.165, 1.54) is 29.4 Å². The molecule has 0 radical (unpaired) electrons. The number of aryl methyl sites for hydroxylation is 1. The summed E-state index contributed by atoms with van der Waals surface area (Å²) in [6.45, 7) is 1.99. The van der Waals surface area contributed by atoms with Gasteiger partial charge in [-0.25, -0.2) is 13.8 Å². The highest BCUT2D eigenvalue weighted by Crippen LogP contribution is 2.26. The van der Waals surface area contributed by atoms with Crippen molar-refractivity contribution in [3.63, 3.8) is 0 Å². The van der Waals surface area contributed by atoms with E-state index in [0.717, 1.165) is 23.3 Å². The van der Waals surface area contributed by atoms with E-state index in [9.17, 15) is 13.6 Å². The van der Waals surface area contributed by atoms with Gasteiger partial charge in [0, 0.05) is 11.6 Å². The maximum Gasteiger partial charge on any atom is 0.234 e. The summed E-state index contributed by atoms with van der Waals surface area (Å²) in [6.07, 6.45) is 0. The summed E-state index contributed by atoms with van der Waals surface area (Å²) in [5.74, 6) is -1.23. The lowest BCUT2D eigenvalue weighted by Crippen LogP contribution is -2.15. The zero-order chi connectivity index (χ0) is 17.8. The first-order chi connectivity index (χ1) is 12.0. The molecule has 0 aliphatic heterocycles. The van der Waals surface area contributed by atoms with E-state index in [2.05, 4.69) is 14.7 Å². The van der Waals surface area contributed by atoms with Crippen molar-refractivity contribution in [3.05, 3.63) is 59.7 Å². The Morgan fingerprint density at radius 2 is 2.08 bits per heavy atom. The van der Waals surface area contributed by atoms with Gasteiger partial charge in [0.05, 0.1) is 11.4 Å². The fourth-order valence-electron chi connectivity index (χ4n) is 2.07. The van der Waals surface area contributed by atoms with Crippen LogP contribution in [0.2, 0.25) is 0 Å². The Balaban J connectivity index is 1.59. The molecule has 25 heavy (non-hydrogen) atoms. The van der Waals surface area contributed by atoms with Gasteiger partial charge in [0.25, 0.3) is 0 Å². The average Bonchev–Trinajstić information content (AvgIpc) is 3.05. The highest BCUT2D eigenvalue weighted by Gasteiger charge is 2.11. The van der Waals surface area contributed by atoms with Gasteiger partial charge in [-0.05, 0) is 36.7 Å². The minimum Gasteiger partial charge on any atom is -0.323 e. The molecule has 0 saturated heterocycles. The van der Waals surface area contributed by atoms with Gasteiger partial charge in [-0.2, -0.15) is 4.37 Å². The highest BCUT2D eigenvalue weighted by molar-refractivity contribution is 8.01. The Labute approximate surface area is 151 Å². The lowest BCUT2D eigenvalue weighted by atomic mass is 10.1. The van der Waals surface area contributed by atoms with Crippen LogP contribution in [0.15, 0.2) is 46.8 Å².